The molecule has 17 heavy (non-hydrogen) atoms. The molecule has 4 heteroatoms. The van der Waals surface area contributed by atoms with E-state index in [0.717, 1.165) is 24.9 Å². The van der Waals surface area contributed by atoms with Gasteiger partial charge in [0.2, 0.25) is 5.91 Å². The summed E-state index contributed by atoms with van der Waals surface area (Å²) in [5.74, 6) is 0.155. The number of rotatable bonds is 3. The number of nitrogens with zero attached hydrogens (tertiary/aromatic N) is 1. The second-order valence-corrected chi connectivity index (χ2v) is 4.84. The maximum Gasteiger partial charge on any atom is 0.239 e. The molecule has 1 heterocycles. The third-order valence-electron chi connectivity index (χ3n) is 3.10. The molecule has 0 radical (unpaired) electrons. The average molecular weight is 253 g/mol. The molecule has 2 rings (SSSR count). The van der Waals surface area contributed by atoms with Gasteiger partial charge in [-0.25, -0.2) is 0 Å². The third kappa shape index (κ3) is 2.99. The van der Waals surface area contributed by atoms with Crippen molar-refractivity contribution < 1.29 is 4.79 Å². The third-order valence-corrected chi connectivity index (χ3v) is 3.47. The maximum absolute atomic E-state index is 12.1. The molecule has 1 N–H and O–H groups in total. The lowest BCUT2D eigenvalue weighted by molar-refractivity contribution is -0.132. The molecule has 0 unspecified atom stereocenters. The number of amides is 1. The summed E-state index contributed by atoms with van der Waals surface area (Å²) in [6, 6.07) is 7.62. The number of benzene rings is 1. The maximum atomic E-state index is 12.1. The Balaban J connectivity index is 1.99. The fourth-order valence-corrected chi connectivity index (χ4v) is 2.32. The van der Waals surface area contributed by atoms with Gasteiger partial charge in [0.1, 0.15) is 0 Å². The Morgan fingerprint density at radius 1 is 1.53 bits per heavy atom. The van der Waals surface area contributed by atoms with E-state index >= 15 is 0 Å². The highest BCUT2D eigenvalue weighted by atomic mass is 35.5. The van der Waals surface area contributed by atoms with E-state index < -0.39 is 0 Å². The van der Waals surface area contributed by atoms with Gasteiger partial charge < -0.3 is 10.2 Å². The largest absolute Gasteiger partial charge is 0.340 e. The summed E-state index contributed by atoms with van der Waals surface area (Å²) in [6.45, 7) is 1.51. The van der Waals surface area contributed by atoms with E-state index in [1.54, 1.807) is 4.90 Å². The number of carbonyl (C=O) groups is 1. The van der Waals surface area contributed by atoms with Gasteiger partial charge in [-0.1, -0.05) is 29.8 Å². The van der Waals surface area contributed by atoms with Crippen molar-refractivity contribution in [2.75, 3.05) is 13.6 Å². The predicted octanol–water partition coefficient (Wildman–Crippen LogP) is 2.05. The SMILES string of the molecule is CN(Cc1ccccc1Cl)C(=O)[C@@H]1CCCN1. The summed E-state index contributed by atoms with van der Waals surface area (Å²) < 4.78 is 0. The molecule has 0 spiro atoms. The molecule has 3 nitrogen and oxygen atoms in total. The average Bonchev–Trinajstić information content (AvgIpc) is 2.84. The first-order valence-corrected chi connectivity index (χ1v) is 6.28. The van der Waals surface area contributed by atoms with Crippen LogP contribution in [0.15, 0.2) is 24.3 Å². The normalized spacial score (nSPS) is 19.3. The monoisotopic (exact) mass is 252 g/mol. The van der Waals surface area contributed by atoms with Gasteiger partial charge in [-0.05, 0) is 31.0 Å². The van der Waals surface area contributed by atoms with Crippen molar-refractivity contribution in [3.8, 4) is 0 Å². The number of hydrogen-bond acceptors (Lipinski definition) is 2. The minimum Gasteiger partial charge on any atom is -0.340 e. The summed E-state index contributed by atoms with van der Waals surface area (Å²) >= 11 is 6.08. The highest BCUT2D eigenvalue weighted by molar-refractivity contribution is 6.31. The highest BCUT2D eigenvalue weighted by Crippen LogP contribution is 2.17. The molecular weight excluding hydrogens is 236 g/mol. The minimum absolute atomic E-state index is 0.0116. The standard InChI is InChI=1S/C13H17ClN2O/c1-16(13(17)12-7-4-8-15-12)9-10-5-2-3-6-11(10)14/h2-3,5-6,12,15H,4,7-9H2,1H3/t12-/m0/s1. The van der Waals surface area contributed by atoms with Crippen LogP contribution in [0.3, 0.4) is 0 Å². The van der Waals surface area contributed by atoms with E-state index in [4.69, 9.17) is 11.6 Å². The van der Waals surface area contributed by atoms with E-state index in [1.807, 2.05) is 31.3 Å². The topological polar surface area (TPSA) is 32.3 Å². The molecule has 0 bridgehead atoms. The summed E-state index contributed by atoms with van der Waals surface area (Å²) in [6.07, 6.45) is 2.02. The van der Waals surface area contributed by atoms with Gasteiger partial charge in [0.15, 0.2) is 0 Å². The summed E-state index contributed by atoms with van der Waals surface area (Å²) in [5.41, 5.74) is 0.989. The summed E-state index contributed by atoms with van der Waals surface area (Å²) in [4.78, 5) is 13.8. The van der Waals surface area contributed by atoms with Crippen LogP contribution in [-0.4, -0.2) is 30.4 Å². The van der Waals surface area contributed by atoms with Crippen molar-refractivity contribution in [1.82, 2.24) is 10.2 Å². The number of halogens is 1. The van der Waals surface area contributed by atoms with Crippen molar-refractivity contribution in [2.24, 2.45) is 0 Å². The van der Waals surface area contributed by atoms with Crippen molar-refractivity contribution in [2.45, 2.75) is 25.4 Å². The molecule has 1 aliphatic rings. The molecule has 0 saturated carbocycles. The Kier molecular flexibility index (Phi) is 4.02. The van der Waals surface area contributed by atoms with Crippen molar-refractivity contribution in [3.05, 3.63) is 34.9 Å². The quantitative estimate of drug-likeness (QED) is 0.893. The molecule has 1 fully saturated rings. The molecule has 0 aliphatic carbocycles. The first kappa shape index (κ1) is 12.4. The van der Waals surface area contributed by atoms with Crippen LogP contribution in [0, 0.1) is 0 Å². The Morgan fingerprint density at radius 3 is 2.94 bits per heavy atom. The van der Waals surface area contributed by atoms with Crippen molar-refractivity contribution in [1.29, 1.82) is 0 Å². The molecule has 1 aromatic carbocycles. The fraction of sp³-hybridized carbons (Fsp3) is 0.462. The smallest absolute Gasteiger partial charge is 0.239 e. The number of hydrogen-bond donors (Lipinski definition) is 1. The van der Waals surface area contributed by atoms with Crippen LogP contribution >= 0.6 is 11.6 Å². The van der Waals surface area contributed by atoms with Gasteiger partial charge in [-0.2, -0.15) is 0 Å². The Bertz CT molecular complexity index is 402. The fourth-order valence-electron chi connectivity index (χ4n) is 2.12. The molecule has 1 aliphatic heterocycles. The van der Waals surface area contributed by atoms with Gasteiger partial charge in [0.05, 0.1) is 6.04 Å². The van der Waals surface area contributed by atoms with Gasteiger partial charge in [0.25, 0.3) is 0 Å². The lowest BCUT2D eigenvalue weighted by Crippen LogP contribution is -2.41. The van der Waals surface area contributed by atoms with Gasteiger partial charge in [-0.3, -0.25) is 4.79 Å². The second kappa shape index (κ2) is 5.52. The van der Waals surface area contributed by atoms with Crippen LogP contribution in [-0.2, 0) is 11.3 Å². The predicted molar refractivity (Wildman–Crippen MR) is 69.0 cm³/mol. The van der Waals surface area contributed by atoms with E-state index in [-0.39, 0.29) is 11.9 Å². The van der Waals surface area contributed by atoms with Gasteiger partial charge in [-0.15, -0.1) is 0 Å². The van der Waals surface area contributed by atoms with Gasteiger partial charge >= 0.3 is 0 Å². The first-order chi connectivity index (χ1) is 8.18. The first-order valence-electron chi connectivity index (χ1n) is 5.90. The van der Waals surface area contributed by atoms with E-state index in [9.17, 15) is 4.79 Å². The zero-order valence-corrected chi connectivity index (χ0v) is 10.7. The minimum atomic E-state index is -0.0116. The Hall–Kier alpha value is -1.06. The molecule has 1 atom stereocenters. The molecule has 1 saturated heterocycles. The van der Waals surface area contributed by atoms with Crippen LogP contribution in [0.1, 0.15) is 18.4 Å². The zero-order valence-electron chi connectivity index (χ0n) is 9.95. The Labute approximate surface area is 107 Å². The van der Waals surface area contributed by atoms with Gasteiger partial charge in [0, 0.05) is 18.6 Å². The lowest BCUT2D eigenvalue weighted by atomic mass is 10.1. The van der Waals surface area contributed by atoms with Crippen LogP contribution in [0.4, 0.5) is 0 Å². The lowest BCUT2D eigenvalue weighted by Gasteiger charge is -2.21. The Morgan fingerprint density at radius 2 is 2.29 bits per heavy atom. The number of nitrogens with one attached hydrogen (secondary N) is 1. The molecule has 0 aromatic heterocycles. The zero-order chi connectivity index (χ0) is 12.3. The van der Waals surface area contributed by atoms with E-state index in [0.29, 0.717) is 11.6 Å². The van der Waals surface area contributed by atoms with Crippen molar-refractivity contribution in [3.63, 3.8) is 0 Å². The van der Waals surface area contributed by atoms with Crippen LogP contribution in [0.25, 0.3) is 0 Å². The van der Waals surface area contributed by atoms with Crippen molar-refractivity contribution >= 4 is 17.5 Å². The molecule has 1 amide bonds. The summed E-state index contributed by atoms with van der Waals surface area (Å²) in [7, 11) is 1.83. The number of carbonyl (C=O) groups excluding carboxylic acids is 1. The van der Waals surface area contributed by atoms with E-state index in [1.165, 1.54) is 0 Å². The summed E-state index contributed by atoms with van der Waals surface area (Å²) in [5, 5.41) is 3.93. The van der Waals surface area contributed by atoms with Crippen LogP contribution in [0.5, 0.6) is 0 Å². The highest BCUT2D eigenvalue weighted by Gasteiger charge is 2.24. The molecule has 92 valence electrons. The molecular formula is C13H17ClN2O. The van der Waals surface area contributed by atoms with E-state index in [2.05, 4.69) is 5.32 Å². The van der Waals surface area contributed by atoms with Crippen LogP contribution in [0.2, 0.25) is 5.02 Å². The number of likely N-dealkylation sites (N-methyl/N-ethyl adjacent to an activating group) is 1. The molecule has 1 aromatic rings. The second-order valence-electron chi connectivity index (χ2n) is 4.43. The van der Waals surface area contributed by atoms with Crippen LogP contribution < -0.4 is 5.32 Å².